The van der Waals surface area contributed by atoms with Crippen molar-refractivity contribution in [3.05, 3.63) is 53.7 Å². The predicted octanol–water partition coefficient (Wildman–Crippen LogP) is 4.79. The van der Waals surface area contributed by atoms with Crippen molar-refractivity contribution in [1.82, 2.24) is 4.98 Å². The zero-order valence-corrected chi connectivity index (χ0v) is 14.0. The minimum Gasteiger partial charge on any atom is -0.322 e. The largest absolute Gasteiger partial charge is 0.322 e. The number of rotatable bonds is 7. The number of carbonyl (C=O) groups is 1. The standard InChI is InChI=1S/C18H22N2OS/c1-3-4-5-7-14-9-11-15(12-10-14)20-17(21)16-8-6-13-19-18(16)22-2/h6,8-13H,3-5,7H2,1-2H3,(H,20,21). The van der Waals surface area contributed by atoms with Gasteiger partial charge in [-0.2, -0.15) is 0 Å². The molecule has 1 N–H and O–H groups in total. The first-order valence-corrected chi connectivity index (χ1v) is 8.86. The first-order chi connectivity index (χ1) is 10.7. The van der Waals surface area contributed by atoms with Crippen molar-refractivity contribution in [2.24, 2.45) is 0 Å². The van der Waals surface area contributed by atoms with Crippen LogP contribution >= 0.6 is 11.8 Å². The molecular weight excluding hydrogens is 292 g/mol. The lowest BCUT2D eigenvalue weighted by molar-refractivity contribution is 0.102. The summed E-state index contributed by atoms with van der Waals surface area (Å²) in [4.78, 5) is 16.5. The molecule has 2 aromatic rings. The summed E-state index contributed by atoms with van der Waals surface area (Å²) in [6.45, 7) is 2.21. The molecule has 0 atom stereocenters. The number of anilines is 1. The number of nitrogens with zero attached hydrogens (tertiary/aromatic N) is 1. The van der Waals surface area contributed by atoms with E-state index in [4.69, 9.17) is 0 Å². The van der Waals surface area contributed by atoms with Crippen LogP contribution in [-0.2, 0) is 6.42 Å². The Balaban J connectivity index is 1.99. The van der Waals surface area contributed by atoms with Gasteiger partial charge in [-0.25, -0.2) is 4.98 Å². The lowest BCUT2D eigenvalue weighted by Gasteiger charge is -2.08. The molecule has 0 aliphatic rings. The van der Waals surface area contributed by atoms with Gasteiger partial charge in [0, 0.05) is 11.9 Å². The minimum absolute atomic E-state index is 0.115. The van der Waals surface area contributed by atoms with E-state index in [1.165, 1.54) is 36.6 Å². The van der Waals surface area contributed by atoms with Crippen molar-refractivity contribution in [2.45, 2.75) is 37.6 Å². The molecule has 0 saturated carbocycles. The molecule has 116 valence electrons. The van der Waals surface area contributed by atoms with Crippen LogP contribution in [0, 0.1) is 0 Å². The van der Waals surface area contributed by atoms with Crippen molar-refractivity contribution >= 4 is 23.4 Å². The molecule has 0 unspecified atom stereocenters. The van der Waals surface area contributed by atoms with Crippen LogP contribution in [0.25, 0.3) is 0 Å². The molecule has 1 aromatic heterocycles. The Morgan fingerprint density at radius 1 is 1.18 bits per heavy atom. The average Bonchev–Trinajstić information content (AvgIpc) is 2.56. The summed E-state index contributed by atoms with van der Waals surface area (Å²) in [6.07, 6.45) is 8.43. The number of carbonyl (C=O) groups excluding carboxylic acids is 1. The second kappa shape index (κ2) is 8.59. The molecule has 0 spiro atoms. The highest BCUT2D eigenvalue weighted by Crippen LogP contribution is 2.19. The summed E-state index contributed by atoms with van der Waals surface area (Å²) in [5, 5.41) is 3.68. The molecule has 0 aliphatic heterocycles. The van der Waals surface area contributed by atoms with Crippen LogP contribution in [0.2, 0.25) is 0 Å². The summed E-state index contributed by atoms with van der Waals surface area (Å²) in [5.41, 5.74) is 2.75. The van der Waals surface area contributed by atoms with Crippen molar-refractivity contribution in [1.29, 1.82) is 0 Å². The molecule has 0 radical (unpaired) electrons. The van der Waals surface area contributed by atoms with E-state index in [1.54, 1.807) is 18.3 Å². The first kappa shape index (κ1) is 16.6. The molecule has 0 saturated heterocycles. The van der Waals surface area contributed by atoms with Gasteiger partial charge >= 0.3 is 0 Å². The van der Waals surface area contributed by atoms with Gasteiger partial charge in [0.1, 0.15) is 5.03 Å². The van der Waals surface area contributed by atoms with Gasteiger partial charge in [0.05, 0.1) is 5.56 Å². The molecular formula is C18H22N2OS. The van der Waals surface area contributed by atoms with Gasteiger partial charge in [-0.3, -0.25) is 4.79 Å². The van der Waals surface area contributed by atoms with E-state index in [0.717, 1.165) is 17.1 Å². The van der Waals surface area contributed by atoms with Crippen LogP contribution in [0.5, 0.6) is 0 Å². The SMILES string of the molecule is CCCCCc1ccc(NC(=O)c2cccnc2SC)cc1. The van der Waals surface area contributed by atoms with E-state index >= 15 is 0 Å². The summed E-state index contributed by atoms with van der Waals surface area (Å²) < 4.78 is 0. The van der Waals surface area contributed by atoms with Gasteiger partial charge in [0.2, 0.25) is 0 Å². The highest BCUT2D eigenvalue weighted by Gasteiger charge is 2.11. The zero-order valence-electron chi connectivity index (χ0n) is 13.1. The van der Waals surface area contributed by atoms with Gasteiger partial charge in [0.15, 0.2) is 0 Å². The zero-order chi connectivity index (χ0) is 15.8. The van der Waals surface area contributed by atoms with Gasteiger partial charge < -0.3 is 5.32 Å². The van der Waals surface area contributed by atoms with Crippen LogP contribution in [0.4, 0.5) is 5.69 Å². The van der Waals surface area contributed by atoms with Crippen molar-refractivity contribution in [3.63, 3.8) is 0 Å². The molecule has 22 heavy (non-hydrogen) atoms. The number of aromatic nitrogens is 1. The fraction of sp³-hybridized carbons (Fsp3) is 0.333. The van der Waals surface area contributed by atoms with E-state index in [9.17, 15) is 4.79 Å². The number of unbranched alkanes of at least 4 members (excludes halogenated alkanes) is 2. The number of hydrogen-bond donors (Lipinski definition) is 1. The fourth-order valence-corrected chi connectivity index (χ4v) is 2.81. The van der Waals surface area contributed by atoms with Crippen LogP contribution in [0.15, 0.2) is 47.6 Å². The third-order valence-electron chi connectivity index (χ3n) is 3.49. The maximum Gasteiger partial charge on any atom is 0.258 e. The Kier molecular flexibility index (Phi) is 6.46. The number of pyridine rings is 1. The Morgan fingerprint density at radius 2 is 1.95 bits per heavy atom. The molecule has 1 aromatic carbocycles. The van der Waals surface area contributed by atoms with E-state index in [1.807, 2.05) is 18.4 Å². The Morgan fingerprint density at radius 3 is 2.64 bits per heavy atom. The number of hydrogen-bond acceptors (Lipinski definition) is 3. The fourth-order valence-electron chi connectivity index (χ4n) is 2.26. The quantitative estimate of drug-likeness (QED) is 0.590. The first-order valence-electron chi connectivity index (χ1n) is 7.64. The minimum atomic E-state index is -0.115. The molecule has 0 bridgehead atoms. The molecule has 3 nitrogen and oxygen atoms in total. The average molecular weight is 314 g/mol. The van der Waals surface area contributed by atoms with E-state index in [2.05, 4.69) is 29.4 Å². The number of thioether (sulfide) groups is 1. The molecule has 2 rings (SSSR count). The molecule has 0 fully saturated rings. The number of amides is 1. The summed E-state index contributed by atoms with van der Waals surface area (Å²) >= 11 is 1.48. The lowest BCUT2D eigenvalue weighted by Crippen LogP contribution is -2.13. The van der Waals surface area contributed by atoms with Crippen LogP contribution in [-0.4, -0.2) is 17.1 Å². The van der Waals surface area contributed by atoms with Gasteiger partial charge in [-0.05, 0) is 48.9 Å². The normalized spacial score (nSPS) is 10.5. The van der Waals surface area contributed by atoms with Gasteiger partial charge in [-0.15, -0.1) is 11.8 Å². The topological polar surface area (TPSA) is 42.0 Å². The maximum atomic E-state index is 12.3. The number of aryl methyl sites for hydroxylation is 1. The van der Waals surface area contributed by atoms with Crippen LogP contribution in [0.1, 0.15) is 42.1 Å². The second-order valence-electron chi connectivity index (χ2n) is 5.17. The summed E-state index contributed by atoms with van der Waals surface area (Å²) in [7, 11) is 0. The third-order valence-corrected chi connectivity index (χ3v) is 4.20. The Hall–Kier alpha value is -1.81. The van der Waals surface area contributed by atoms with E-state index < -0.39 is 0 Å². The van der Waals surface area contributed by atoms with Crippen LogP contribution in [0.3, 0.4) is 0 Å². The molecule has 0 aliphatic carbocycles. The van der Waals surface area contributed by atoms with Crippen molar-refractivity contribution in [3.8, 4) is 0 Å². The summed E-state index contributed by atoms with van der Waals surface area (Å²) in [6, 6.07) is 11.7. The Labute approximate surface area is 136 Å². The lowest BCUT2D eigenvalue weighted by atomic mass is 10.1. The van der Waals surface area contributed by atoms with E-state index in [0.29, 0.717) is 5.56 Å². The second-order valence-corrected chi connectivity index (χ2v) is 5.96. The van der Waals surface area contributed by atoms with Gasteiger partial charge in [0.25, 0.3) is 5.91 Å². The molecule has 1 amide bonds. The predicted molar refractivity (Wildman–Crippen MR) is 93.6 cm³/mol. The van der Waals surface area contributed by atoms with Crippen molar-refractivity contribution < 1.29 is 4.79 Å². The number of benzene rings is 1. The highest BCUT2D eigenvalue weighted by atomic mass is 32.2. The molecule has 1 heterocycles. The highest BCUT2D eigenvalue weighted by molar-refractivity contribution is 7.98. The molecule has 4 heteroatoms. The van der Waals surface area contributed by atoms with Crippen LogP contribution < -0.4 is 5.32 Å². The smallest absolute Gasteiger partial charge is 0.258 e. The van der Waals surface area contributed by atoms with E-state index in [-0.39, 0.29) is 5.91 Å². The monoisotopic (exact) mass is 314 g/mol. The summed E-state index contributed by atoms with van der Waals surface area (Å²) in [5.74, 6) is -0.115. The Bertz CT molecular complexity index is 611. The maximum absolute atomic E-state index is 12.3. The third kappa shape index (κ3) is 4.60. The number of nitrogens with one attached hydrogen (secondary N) is 1. The van der Waals surface area contributed by atoms with Gasteiger partial charge in [-0.1, -0.05) is 31.9 Å². The van der Waals surface area contributed by atoms with Crippen molar-refractivity contribution in [2.75, 3.05) is 11.6 Å².